The molecule has 0 atom stereocenters. The van der Waals surface area contributed by atoms with E-state index in [0.29, 0.717) is 27.4 Å². The van der Waals surface area contributed by atoms with Crippen molar-refractivity contribution in [2.75, 3.05) is 0 Å². The maximum Gasteiger partial charge on any atom is 0.273 e. The van der Waals surface area contributed by atoms with E-state index in [2.05, 4.69) is 20.4 Å². The Hall–Kier alpha value is -2.18. The van der Waals surface area contributed by atoms with Gasteiger partial charge in [0.1, 0.15) is 0 Å². The van der Waals surface area contributed by atoms with Gasteiger partial charge in [0.2, 0.25) is 0 Å². The molecular formula is C15H14Cl2N6. The molecule has 8 heteroatoms. The maximum atomic E-state index is 6.18. The molecule has 1 aromatic carbocycles. The van der Waals surface area contributed by atoms with Crippen molar-refractivity contribution in [2.45, 2.75) is 20.8 Å². The summed E-state index contributed by atoms with van der Waals surface area (Å²) in [6.45, 7) is 5.69. The van der Waals surface area contributed by atoms with Crippen molar-refractivity contribution in [2.24, 2.45) is 5.10 Å². The van der Waals surface area contributed by atoms with Crippen LogP contribution in [0.15, 0.2) is 29.4 Å². The standard InChI is InChI=1S/C15H14Cl2N6/c1-9-7-10(2)22(21-9)15-20-19-11(3)23(15)18-8-12-5-4-6-13(16)14(12)17/h4-8H,1-3H3/b18-8-. The zero-order chi connectivity index (χ0) is 16.6. The summed E-state index contributed by atoms with van der Waals surface area (Å²) in [6.07, 6.45) is 1.62. The highest BCUT2D eigenvalue weighted by Crippen LogP contribution is 2.24. The van der Waals surface area contributed by atoms with Crippen LogP contribution in [0.25, 0.3) is 5.95 Å². The second-order valence-electron chi connectivity index (χ2n) is 5.09. The van der Waals surface area contributed by atoms with Gasteiger partial charge in [0, 0.05) is 11.3 Å². The largest absolute Gasteiger partial charge is 0.273 e. The fourth-order valence-electron chi connectivity index (χ4n) is 2.19. The summed E-state index contributed by atoms with van der Waals surface area (Å²) >= 11 is 12.2. The number of hydrogen-bond acceptors (Lipinski definition) is 4. The lowest BCUT2D eigenvalue weighted by Gasteiger charge is -2.04. The van der Waals surface area contributed by atoms with Crippen molar-refractivity contribution in [3.63, 3.8) is 0 Å². The highest BCUT2D eigenvalue weighted by Gasteiger charge is 2.13. The minimum Gasteiger partial charge on any atom is -0.202 e. The first-order chi connectivity index (χ1) is 11.0. The van der Waals surface area contributed by atoms with E-state index in [4.69, 9.17) is 23.2 Å². The van der Waals surface area contributed by atoms with Crippen LogP contribution in [0.2, 0.25) is 10.0 Å². The average molecular weight is 349 g/mol. The van der Waals surface area contributed by atoms with Crippen LogP contribution in [-0.2, 0) is 0 Å². The molecule has 118 valence electrons. The predicted octanol–water partition coefficient (Wildman–Crippen LogP) is 3.58. The number of aromatic nitrogens is 5. The molecule has 6 nitrogen and oxygen atoms in total. The molecule has 0 amide bonds. The van der Waals surface area contributed by atoms with Crippen LogP contribution < -0.4 is 0 Å². The minimum atomic E-state index is 0.455. The van der Waals surface area contributed by atoms with E-state index < -0.39 is 0 Å². The van der Waals surface area contributed by atoms with Crippen molar-refractivity contribution in [3.8, 4) is 5.95 Å². The Kier molecular flexibility index (Phi) is 4.19. The zero-order valence-corrected chi connectivity index (χ0v) is 14.3. The van der Waals surface area contributed by atoms with Gasteiger partial charge in [-0.3, -0.25) is 0 Å². The van der Waals surface area contributed by atoms with Crippen LogP contribution in [-0.4, -0.2) is 30.9 Å². The molecule has 0 unspecified atom stereocenters. The molecule has 2 heterocycles. The zero-order valence-electron chi connectivity index (χ0n) is 12.8. The van der Waals surface area contributed by atoms with Crippen molar-refractivity contribution >= 4 is 29.4 Å². The van der Waals surface area contributed by atoms with Gasteiger partial charge in [-0.25, -0.2) is 4.68 Å². The number of benzene rings is 1. The summed E-state index contributed by atoms with van der Waals surface area (Å²) in [6, 6.07) is 7.34. The number of aryl methyl sites for hydroxylation is 3. The number of nitrogens with zero attached hydrogens (tertiary/aromatic N) is 6. The summed E-state index contributed by atoms with van der Waals surface area (Å²) in [5.41, 5.74) is 2.57. The van der Waals surface area contributed by atoms with Crippen LogP contribution in [0, 0.1) is 20.8 Å². The van der Waals surface area contributed by atoms with Gasteiger partial charge in [-0.05, 0) is 32.9 Å². The normalized spacial score (nSPS) is 11.5. The van der Waals surface area contributed by atoms with E-state index in [9.17, 15) is 0 Å². The molecule has 0 spiro atoms. The second-order valence-corrected chi connectivity index (χ2v) is 5.87. The Morgan fingerprint density at radius 1 is 1.13 bits per heavy atom. The fourth-order valence-corrected chi connectivity index (χ4v) is 2.54. The molecule has 2 aromatic heterocycles. The molecule has 0 radical (unpaired) electrons. The van der Waals surface area contributed by atoms with Gasteiger partial charge in [-0.1, -0.05) is 35.3 Å². The van der Waals surface area contributed by atoms with Gasteiger partial charge in [0.25, 0.3) is 5.95 Å². The van der Waals surface area contributed by atoms with E-state index >= 15 is 0 Å². The highest BCUT2D eigenvalue weighted by molar-refractivity contribution is 6.43. The molecule has 3 aromatic rings. The Labute approximate surface area is 143 Å². The van der Waals surface area contributed by atoms with Crippen molar-refractivity contribution in [3.05, 3.63) is 57.1 Å². The van der Waals surface area contributed by atoms with Gasteiger partial charge in [0.05, 0.1) is 22.0 Å². The topological polar surface area (TPSA) is 60.9 Å². The summed E-state index contributed by atoms with van der Waals surface area (Å²) < 4.78 is 3.31. The van der Waals surface area contributed by atoms with E-state index in [0.717, 1.165) is 11.4 Å². The predicted molar refractivity (Wildman–Crippen MR) is 90.8 cm³/mol. The van der Waals surface area contributed by atoms with E-state index in [1.54, 1.807) is 21.6 Å². The molecule has 3 rings (SSSR count). The third kappa shape index (κ3) is 3.00. The monoisotopic (exact) mass is 348 g/mol. The Morgan fingerprint density at radius 2 is 1.91 bits per heavy atom. The summed E-state index contributed by atoms with van der Waals surface area (Å²) in [4.78, 5) is 0. The Bertz CT molecular complexity index is 894. The first-order valence-corrected chi connectivity index (χ1v) is 7.67. The quantitative estimate of drug-likeness (QED) is 0.679. The van der Waals surface area contributed by atoms with E-state index in [1.165, 1.54) is 0 Å². The van der Waals surface area contributed by atoms with E-state index in [-0.39, 0.29) is 0 Å². The van der Waals surface area contributed by atoms with Gasteiger partial charge in [-0.15, -0.1) is 10.2 Å². The molecule has 0 saturated carbocycles. The SMILES string of the molecule is Cc1cc(C)n(-c2nnc(C)n2/N=C\c2cccc(Cl)c2Cl)n1. The van der Waals surface area contributed by atoms with Crippen LogP contribution in [0.3, 0.4) is 0 Å². The summed E-state index contributed by atoms with van der Waals surface area (Å²) in [7, 11) is 0. The Balaban J connectivity index is 2.04. The first kappa shape index (κ1) is 15.7. The third-order valence-electron chi connectivity index (χ3n) is 3.27. The van der Waals surface area contributed by atoms with Crippen molar-refractivity contribution in [1.82, 2.24) is 24.7 Å². The number of halogens is 2. The van der Waals surface area contributed by atoms with Gasteiger partial charge < -0.3 is 0 Å². The van der Waals surface area contributed by atoms with Crippen LogP contribution >= 0.6 is 23.2 Å². The van der Waals surface area contributed by atoms with Gasteiger partial charge in [-0.2, -0.15) is 14.9 Å². The second kappa shape index (κ2) is 6.14. The molecule has 0 aliphatic carbocycles. The lowest BCUT2D eigenvalue weighted by Crippen LogP contribution is -2.08. The van der Waals surface area contributed by atoms with Crippen LogP contribution in [0.1, 0.15) is 22.8 Å². The summed E-state index contributed by atoms with van der Waals surface area (Å²) in [5.74, 6) is 1.16. The molecule has 0 aliphatic heterocycles. The molecule has 0 fully saturated rings. The first-order valence-electron chi connectivity index (χ1n) is 6.91. The lowest BCUT2D eigenvalue weighted by molar-refractivity contribution is 0.708. The molecule has 0 N–H and O–H groups in total. The Morgan fingerprint density at radius 3 is 2.61 bits per heavy atom. The van der Waals surface area contributed by atoms with E-state index in [1.807, 2.05) is 39.0 Å². The van der Waals surface area contributed by atoms with Crippen molar-refractivity contribution in [1.29, 1.82) is 0 Å². The fraction of sp³-hybridized carbons (Fsp3) is 0.200. The minimum absolute atomic E-state index is 0.455. The van der Waals surface area contributed by atoms with Crippen LogP contribution in [0.5, 0.6) is 0 Å². The molecule has 23 heavy (non-hydrogen) atoms. The van der Waals surface area contributed by atoms with Crippen LogP contribution in [0.4, 0.5) is 0 Å². The van der Waals surface area contributed by atoms with Gasteiger partial charge in [0.15, 0.2) is 5.82 Å². The van der Waals surface area contributed by atoms with Gasteiger partial charge >= 0.3 is 0 Å². The molecular weight excluding hydrogens is 335 g/mol. The molecule has 0 saturated heterocycles. The summed E-state index contributed by atoms with van der Waals surface area (Å²) in [5, 5.41) is 18.0. The third-order valence-corrected chi connectivity index (χ3v) is 4.11. The maximum absolute atomic E-state index is 6.18. The molecule has 0 bridgehead atoms. The number of rotatable bonds is 3. The molecule has 0 aliphatic rings. The average Bonchev–Trinajstić information content (AvgIpc) is 3.03. The van der Waals surface area contributed by atoms with Crippen molar-refractivity contribution < 1.29 is 0 Å². The highest BCUT2D eigenvalue weighted by atomic mass is 35.5. The smallest absolute Gasteiger partial charge is 0.202 e. The lowest BCUT2D eigenvalue weighted by atomic mass is 10.2. The number of hydrogen-bond donors (Lipinski definition) is 0.